The van der Waals surface area contributed by atoms with Gasteiger partial charge in [0.2, 0.25) is 11.8 Å². The average molecular weight is 260 g/mol. The van der Waals surface area contributed by atoms with Crippen LogP contribution in [0.15, 0.2) is 0 Å². The molecule has 1 unspecified atom stereocenters. The summed E-state index contributed by atoms with van der Waals surface area (Å²) in [5.74, 6) is -1.87. The Morgan fingerprint density at radius 2 is 1.78 bits per heavy atom. The van der Waals surface area contributed by atoms with Crippen molar-refractivity contribution in [1.29, 1.82) is 0 Å². The lowest BCUT2D eigenvalue weighted by Crippen LogP contribution is -2.44. The van der Waals surface area contributed by atoms with Crippen LogP contribution in [-0.2, 0) is 19.1 Å². The zero-order valence-corrected chi connectivity index (χ0v) is 11.1. The Kier molecular flexibility index (Phi) is 6.32. The first-order valence-corrected chi connectivity index (χ1v) is 5.49. The molecular weight excluding hydrogens is 240 g/mol. The van der Waals surface area contributed by atoms with Gasteiger partial charge in [-0.2, -0.15) is 0 Å². The molecule has 3 N–H and O–H groups in total. The highest BCUT2D eigenvalue weighted by Gasteiger charge is 2.22. The molecular formula is C11H20N2O5. The molecule has 0 heterocycles. The van der Waals surface area contributed by atoms with Crippen molar-refractivity contribution in [1.82, 2.24) is 10.6 Å². The van der Waals surface area contributed by atoms with Crippen molar-refractivity contribution < 1.29 is 24.2 Å². The topological polar surface area (TPSA) is 105 Å². The van der Waals surface area contributed by atoms with E-state index in [2.05, 4.69) is 15.4 Å². The number of ether oxygens (including phenoxy) is 1. The summed E-state index contributed by atoms with van der Waals surface area (Å²) in [6.45, 7) is 4.85. The van der Waals surface area contributed by atoms with Gasteiger partial charge >= 0.3 is 5.97 Å². The largest absolute Gasteiger partial charge is 0.479 e. The van der Waals surface area contributed by atoms with Crippen LogP contribution in [0, 0.1) is 5.41 Å². The van der Waals surface area contributed by atoms with Gasteiger partial charge in [0.05, 0.1) is 13.1 Å². The number of carbonyl (C=O) groups is 3. The Morgan fingerprint density at radius 3 is 2.17 bits per heavy atom. The zero-order valence-electron chi connectivity index (χ0n) is 11.1. The lowest BCUT2D eigenvalue weighted by molar-refractivity contribution is -0.148. The Labute approximate surface area is 106 Å². The number of methoxy groups -OCH3 is 1. The normalized spacial score (nSPS) is 12.7. The molecule has 18 heavy (non-hydrogen) atoms. The third-order valence-electron chi connectivity index (χ3n) is 2.14. The van der Waals surface area contributed by atoms with Gasteiger partial charge in [0.1, 0.15) is 0 Å². The van der Waals surface area contributed by atoms with Crippen LogP contribution in [0.3, 0.4) is 0 Å². The van der Waals surface area contributed by atoms with E-state index in [9.17, 15) is 14.4 Å². The van der Waals surface area contributed by atoms with Gasteiger partial charge in [0, 0.05) is 12.5 Å². The van der Waals surface area contributed by atoms with Gasteiger partial charge in [-0.05, 0) is 0 Å². The van der Waals surface area contributed by atoms with E-state index < -0.39 is 23.4 Å². The molecule has 0 fully saturated rings. The molecule has 0 saturated heterocycles. The van der Waals surface area contributed by atoms with Crippen LogP contribution in [0.5, 0.6) is 0 Å². The molecule has 0 radical (unpaired) electrons. The molecule has 1 atom stereocenters. The molecule has 0 rings (SSSR count). The van der Waals surface area contributed by atoms with Crippen molar-refractivity contribution in [2.75, 3.05) is 20.2 Å². The Bertz CT molecular complexity index is 322. The minimum Gasteiger partial charge on any atom is -0.479 e. The van der Waals surface area contributed by atoms with Crippen molar-refractivity contribution >= 4 is 17.8 Å². The van der Waals surface area contributed by atoms with E-state index in [1.165, 1.54) is 7.11 Å². The molecule has 7 heteroatoms. The van der Waals surface area contributed by atoms with Gasteiger partial charge in [-0.3, -0.25) is 9.59 Å². The SMILES string of the molecule is COC(CNC(=O)CNC(=O)C(C)(C)C)C(=O)O. The molecule has 0 aliphatic rings. The van der Waals surface area contributed by atoms with Gasteiger partial charge in [0.25, 0.3) is 0 Å². The van der Waals surface area contributed by atoms with Crippen LogP contribution in [0.25, 0.3) is 0 Å². The van der Waals surface area contributed by atoms with E-state index in [4.69, 9.17) is 5.11 Å². The van der Waals surface area contributed by atoms with Crippen LogP contribution in [-0.4, -0.2) is 49.2 Å². The fourth-order valence-electron chi connectivity index (χ4n) is 0.966. The number of hydrogen-bond acceptors (Lipinski definition) is 4. The van der Waals surface area contributed by atoms with Crippen LogP contribution in [0.2, 0.25) is 0 Å². The molecule has 0 spiro atoms. The van der Waals surface area contributed by atoms with E-state index in [-0.39, 0.29) is 19.0 Å². The number of rotatable bonds is 6. The fraction of sp³-hybridized carbons (Fsp3) is 0.727. The van der Waals surface area contributed by atoms with Crippen LogP contribution in [0.4, 0.5) is 0 Å². The van der Waals surface area contributed by atoms with E-state index in [1.54, 1.807) is 20.8 Å². The predicted molar refractivity (Wildman–Crippen MR) is 63.9 cm³/mol. The Balaban J connectivity index is 3.99. The molecule has 0 aromatic carbocycles. The first-order valence-electron chi connectivity index (χ1n) is 5.49. The molecule has 0 bridgehead atoms. The van der Waals surface area contributed by atoms with Gasteiger partial charge in [-0.1, -0.05) is 20.8 Å². The zero-order chi connectivity index (χ0) is 14.3. The number of carbonyl (C=O) groups excluding carboxylic acids is 2. The second kappa shape index (κ2) is 6.95. The monoisotopic (exact) mass is 260 g/mol. The number of carboxylic acids is 1. The summed E-state index contributed by atoms with van der Waals surface area (Å²) >= 11 is 0. The molecule has 0 saturated carbocycles. The van der Waals surface area contributed by atoms with Crippen LogP contribution >= 0.6 is 0 Å². The molecule has 0 aromatic rings. The van der Waals surface area contributed by atoms with E-state index in [0.717, 1.165) is 0 Å². The van der Waals surface area contributed by atoms with E-state index >= 15 is 0 Å². The van der Waals surface area contributed by atoms with Crippen molar-refractivity contribution in [3.8, 4) is 0 Å². The van der Waals surface area contributed by atoms with Gasteiger partial charge in [-0.25, -0.2) is 4.79 Å². The number of amides is 2. The molecule has 0 aliphatic carbocycles. The Morgan fingerprint density at radius 1 is 1.22 bits per heavy atom. The predicted octanol–water partition coefficient (Wildman–Crippen LogP) is -0.635. The first kappa shape index (κ1) is 16.4. The summed E-state index contributed by atoms with van der Waals surface area (Å²) in [5, 5.41) is 13.5. The van der Waals surface area contributed by atoms with Crippen molar-refractivity contribution in [3.05, 3.63) is 0 Å². The number of nitrogens with one attached hydrogen (secondary N) is 2. The molecule has 0 aromatic heterocycles. The van der Waals surface area contributed by atoms with Crippen molar-refractivity contribution in [2.45, 2.75) is 26.9 Å². The highest BCUT2D eigenvalue weighted by Crippen LogP contribution is 2.11. The summed E-state index contributed by atoms with van der Waals surface area (Å²) in [4.78, 5) is 33.4. The molecule has 7 nitrogen and oxygen atoms in total. The summed E-state index contributed by atoms with van der Waals surface area (Å²) < 4.78 is 4.64. The second-order valence-electron chi connectivity index (χ2n) is 4.80. The van der Waals surface area contributed by atoms with Crippen LogP contribution < -0.4 is 10.6 Å². The number of aliphatic carboxylic acids is 1. The average Bonchev–Trinajstić information content (AvgIpc) is 2.24. The van der Waals surface area contributed by atoms with Crippen molar-refractivity contribution in [3.63, 3.8) is 0 Å². The highest BCUT2D eigenvalue weighted by atomic mass is 16.5. The van der Waals surface area contributed by atoms with Crippen molar-refractivity contribution in [2.24, 2.45) is 5.41 Å². The van der Waals surface area contributed by atoms with Gasteiger partial charge in [0.15, 0.2) is 6.10 Å². The lowest BCUT2D eigenvalue weighted by atomic mass is 9.96. The quantitative estimate of drug-likeness (QED) is 0.589. The third-order valence-corrected chi connectivity index (χ3v) is 2.14. The minimum absolute atomic E-state index is 0.143. The smallest absolute Gasteiger partial charge is 0.334 e. The maximum Gasteiger partial charge on any atom is 0.334 e. The van der Waals surface area contributed by atoms with E-state index in [0.29, 0.717) is 0 Å². The molecule has 0 aliphatic heterocycles. The maximum absolute atomic E-state index is 11.5. The minimum atomic E-state index is -1.16. The summed E-state index contributed by atoms with van der Waals surface area (Å²) in [6.07, 6.45) is -1.09. The second-order valence-corrected chi connectivity index (χ2v) is 4.80. The summed E-state index contributed by atoms with van der Waals surface area (Å²) in [6, 6.07) is 0. The maximum atomic E-state index is 11.5. The summed E-state index contributed by atoms with van der Waals surface area (Å²) in [5.41, 5.74) is -0.573. The van der Waals surface area contributed by atoms with Gasteiger partial charge in [-0.15, -0.1) is 0 Å². The van der Waals surface area contributed by atoms with E-state index in [1.807, 2.05) is 0 Å². The van der Waals surface area contributed by atoms with Gasteiger partial charge < -0.3 is 20.5 Å². The highest BCUT2D eigenvalue weighted by molar-refractivity contribution is 5.87. The summed E-state index contributed by atoms with van der Waals surface area (Å²) in [7, 11) is 1.24. The number of carboxylic acid groups (broad SMARTS) is 1. The van der Waals surface area contributed by atoms with Crippen LogP contribution in [0.1, 0.15) is 20.8 Å². The standard InChI is InChI=1S/C11H20N2O5/c1-11(2,3)10(17)13-6-8(14)12-5-7(18-4)9(15)16/h7H,5-6H2,1-4H3,(H,12,14)(H,13,17)(H,15,16). The molecule has 2 amide bonds. The molecule has 104 valence electrons. The third kappa shape index (κ3) is 6.19. The fourth-order valence-corrected chi connectivity index (χ4v) is 0.966. The number of hydrogen-bond donors (Lipinski definition) is 3. The Hall–Kier alpha value is -1.63. The lowest BCUT2D eigenvalue weighted by Gasteiger charge is -2.17. The first-order chi connectivity index (χ1) is 8.18.